The highest BCUT2D eigenvalue weighted by molar-refractivity contribution is 5.98. The molecule has 0 unspecified atom stereocenters. The Labute approximate surface area is 152 Å². The Morgan fingerprint density at radius 1 is 1.15 bits per heavy atom. The summed E-state index contributed by atoms with van der Waals surface area (Å²) in [6.07, 6.45) is 0. The number of aryl methyl sites for hydroxylation is 2. The van der Waals surface area contributed by atoms with E-state index < -0.39 is 5.63 Å². The zero-order valence-electron chi connectivity index (χ0n) is 15.8. The van der Waals surface area contributed by atoms with Crippen molar-refractivity contribution in [2.45, 2.75) is 40.7 Å². The molecule has 3 rings (SSSR count). The van der Waals surface area contributed by atoms with Crippen LogP contribution < -0.4 is 10.4 Å². The summed E-state index contributed by atoms with van der Waals surface area (Å²) >= 11 is 0. The van der Waals surface area contributed by atoms with Gasteiger partial charge in [0.2, 0.25) is 5.78 Å². The minimum atomic E-state index is -0.399. The molecule has 5 nitrogen and oxygen atoms in total. The van der Waals surface area contributed by atoms with Crippen molar-refractivity contribution in [2.24, 2.45) is 0 Å². The number of nitrogens with zero attached hydrogens (tertiary/aromatic N) is 1. The maximum atomic E-state index is 12.6. The molecule has 2 heterocycles. The molecule has 0 N–H and O–H groups in total. The Morgan fingerprint density at radius 3 is 2.54 bits per heavy atom. The van der Waals surface area contributed by atoms with Crippen LogP contribution in [0.2, 0.25) is 0 Å². The van der Waals surface area contributed by atoms with Crippen molar-refractivity contribution in [3.63, 3.8) is 0 Å². The number of carbonyl (C=O) groups is 1. The van der Waals surface area contributed by atoms with Crippen LogP contribution in [0.3, 0.4) is 0 Å². The van der Waals surface area contributed by atoms with Crippen LogP contribution >= 0.6 is 0 Å². The van der Waals surface area contributed by atoms with Crippen LogP contribution in [-0.4, -0.2) is 17.0 Å². The highest BCUT2D eigenvalue weighted by atomic mass is 16.5. The molecule has 3 aromatic rings. The van der Waals surface area contributed by atoms with Gasteiger partial charge in [0.15, 0.2) is 6.61 Å². The van der Waals surface area contributed by atoms with Gasteiger partial charge in [-0.2, -0.15) is 0 Å². The highest BCUT2D eigenvalue weighted by Crippen LogP contribution is 2.24. The molecular weight excluding hydrogens is 330 g/mol. The Kier molecular flexibility index (Phi) is 4.72. The first kappa shape index (κ1) is 18.0. The Hall–Kier alpha value is -2.82. The fourth-order valence-corrected chi connectivity index (χ4v) is 3.48. The molecule has 0 aliphatic carbocycles. The molecule has 0 saturated heterocycles. The lowest BCUT2D eigenvalue weighted by Gasteiger charge is -2.13. The quantitative estimate of drug-likeness (QED) is 0.505. The van der Waals surface area contributed by atoms with Gasteiger partial charge in [0, 0.05) is 40.5 Å². The van der Waals surface area contributed by atoms with Crippen molar-refractivity contribution in [1.29, 1.82) is 0 Å². The van der Waals surface area contributed by atoms with Crippen LogP contribution in [0.25, 0.3) is 11.0 Å². The third kappa shape index (κ3) is 3.29. The molecular formula is C21H23NO4. The summed E-state index contributed by atoms with van der Waals surface area (Å²) in [5, 5.41) is 0.851. The summed E-state index contributed by atoms with van der Waals surface area (Å²) in [6, 6.07) is 8.91. The van der Waals surface area contributed by atoms with Crippen molar-refractivity contribution < 1.29 is 13.9 Å². The number of benzene rings is 1. The summed E-state index contributed by atoms with van der Waals surface area (Å²) < 4.78 is 13.0. The first-order chi connectivity index (χ1) is 12.3. The third-order valence-corrected chi connectivity index (χ3v) is 4.59. The van der Waals surface area contributed by atoms with Gasteiger partial charge in [-0.3, -0.25) is 4.79 Å². The number of ketones is 1. The largest absolute Gasteiger partial charge is 0.485 e. The summed E-state index contributed by atoms with van der Waals surface area (Å²) in [4.78, 5) is 24.1. The minimum Gasteiger partial charge on any atom is -0.485 e. The number of Topliss-reactive ketones (excluding diaryl/α,β-unsaturated/α-hetero) is 1. The molecule has 0 atom stereocenters. The smallest absolute Gasteiger partial charge is 0.336 e. The second-order valence-corrected chi connectivity index (χ2v) is 6.87. The van der Waals surface area contributed by atoms with E-state index in [0.717, 1.165) is 22.3 Å². The summed E-state index contributed by atoms with van der Waals surface area (Å²) in [6.45, 7) is 9.93. The van der Waals surface area contributed by atoms with Crippen molar-refractivity contribution in [1.82, 2.24) is 4.57 Å². The highest BCUT2D eigenvalue weighted by Gasteiger charge is 2.17. The van der Waals surface area contributed by atoms with E-state index >= 15 is 0 Å². The molecule has 1 aromatic carbocycles. The second-order valence-electron chi connectivity index (χ2n) is 6.87. The lowest BCUT2D eigenvalue weighted by Crippen LogP contribution is -2.13. The van der Waals surface area contributed by atoms with E-state index in [1.54, 1.807) is 12.1 Å². The van der Waals surface area contributed by atoms with E-state index in [4.69, 9.17) is 9.15 Å². The van der Waals surface area contributed by atoms with E-state index in [-0.39, 0.29) is 12.4 Å². The molecule has 0 fully saturated rings. The van der Waals surface area contributed by atoms with Crippen molar-refractivity contribution in [3.05, 3.63) is 63.3 Å². The van der Waals surface area contributed by atoms with E-state index in [0.29, 0.717) is 22.9 Å². The molecule has 0 radical (unpaired) electrons. The predicted octanol–water partition coefficient (Wildman–Crippen LogP) is 4.36. The predicted molar refractivity (Wildman–Crippen MR) is 101 cm³/mol. The van der Waals surface area contributed by atoms with Crippen LogP contribution in [0.15, 0.2) is 39.5 Å². The molecule has 26 heavy (non-hydrogen) atoms. The van der Waals surface area contributed by atoms with Gasteiger partial charge in [-0.25, -0.2) is 4.79 Å². The minimum absolute atomic E-state index is 0.0655. The molecule has 5 heteroatoms. The van der Waals surface area contributed by atoms with E-state index in [1.807, 2.05) is 32.9 Å². The molecule has 136 valence electrons. The van der Waals surface area contributed by atoms with Gasteiger partial charge in [-0.05, 0) is 58.4 Å². The first-order valence-corrected chi connectivity index (χ1v) is 8.67. The maximum Gasteiger partial charge on any atom is 0.336 e. The zero-order valence-corrected chi connectivity index (χ0v) is 15.8. The molecule has 0 bridgehead atoms. The summed E-state index contributed by atoms with van der Waals surface area (Å²) in [5.74, 6) is 0.424. The summed E-state index contributed by atoms with van der Waals surface area (Å²) in [7, 11) is 0. The van der Waals surface area contributed by atoms with E-state index in [1.165, 1.54) is 6.07 Å². The monoisotopic (exact) mass is 353 g/mol. The molecule has 0 spiro atoms. The number of carbonyl (C=O) groups excluding carboxylic acids is 1. The number of rotatable bonds is 5. The molecule has 0 aliphatic heterocycles. The summed E-state index contributed by atoms with van der Waals surface area (Å²) in [5.41, 5.74) is 3.59. The average molecular weight is 353 g/mol. The number of hydrogen-bond donors (Lipinski definition) is 0. The van der Waals surface area contributed by atoms with Crippen LogP contribution in [-0.2, 0) is 0 Å². The van der Waals surface area contributed by atoms with Crippen LogP contribution in [0.1, 0.15) is 47.2 Å². The lowest BCUT2D eigenvalue weighted by atomic mass is 10.1. The standard InChI is InChI=1S/C21H23NO4/c1-12(2)22-14(4)9-18(15(22)5)19(23)11-25-16-6-7-17-13(3)8-21(24)26-20(17)10-16/h6-10,12H,11H2,1-5H3. The number of fused-ring (bicyclic) bond motifs is 1. The Balaban J connectivity index is 1.81. The van der Waals surface area contributed by atoms with E-state index in [9.17, 15) is 9.59 Å². The molecule has 0 aliphatic rings. The Morgan fingerprint density at radius 2 is 1.88 bits per heavy atom. The van der Waals surface area contributed by atoms with Crippen LogP contribution in [0.4, 0.5) is 0 Å². The van der Waals surface area contributed by atoms with Gasteiger partial charge in [0.25, 0.3) is 0 Å². The molecule has 2 aromatic heterocycles. The van der Waals surface area contributed by atoms with Gasteiger partial charge in [-0.1, -0.05) is 0 Å². The van der Waals surface area contributed by atoms with Gasteiger partial charge in [0.1, 0.15) is 11.3 Å². The first-order valence-electron chi connectivity index (χ1n) is 8.67. The topological polar surface area (TPSA) is 61.4 Å². The number of aromatic nitrogens is 1. The third-order valence-electron chi connectivity index (χ3n) is 4.59. The number of hydrogen-bond acceptors (Lipinski definition) is 4. The Bertz CT molecular complexity index is 1040. The zero-order chi connectivity index (χ0) is 19.0. The molecule has 0 amide bonds. The number of ether oxygens (including phenoxy) is 1. The van der Waals surface area contributed by atoms with Crippen molar-refractivity contribution >= 4 is 16.8 Å². The van der Waals surface area contributed by atoms with Gasteiger partial charge >= 0.3 is 5.63 Å². The van der Waals surface area contributed by atoms with Gasteiger partial charge < -0.3 is 13.7 Å². The van der Waals surface area contributed by atoms with Crippen molar-refractivity contribution in [2.75, 3.05) is 6.61 Å². The van der Waals surface area contributed by atoms with E-state index in [2.05, 4.69) is 18.4 Å². The van der Waals surface area contributed by atoms with Crippen LogP contribution in [0, 0.1) is 20.8 Å². The van der Waals surface area contributed by atoms with Crippen molar-refractivity contribution in [3.8, 4) is 5.75 Å². The van der Waals surface area contributed by atoms with Gasteiger partial charge in [0.05, 0.1) is 0 Å². The fraction of sp³-hybridized carbons (Fsp3) is 0.333. The average Bonchev–Trinajstić information content (AvgIpc) is 2.86. The second kappa shape index (κ2) is 6.83. The van der Waals surface area contributed by atoms with Crippen LogP contribution in [0.5, 0.6) is 5.75 Å². The lowest BCUT2D eigenvalue weighted by molar-refractivity contribution is 0.0920. The normalized spacial score (nSPS) is 11.3. The molecule has 0 saturated carbocycles. The van der Waals surface area contributed by atoms with Gasteiger partial charge in [-0.15, -0.1) is 0 Å². The maximum absolute atomic E-state index is 12.6. The fourth-order valence-electron chi connectivity index (χ4n) is 3.48. The SMILES string of the molecule is Cc1cc(=O)oc2cc(OCC(=O)c3cc(C)n(C(C)C)c3C)ccc12.